The van der Waals surface area contributed by atoms with Crippen molar-refractivity contribution in [2.75, 3.05) is 0 Å². The van der Waals surface area contributed by atoms with Crippen LogP contribution in [0.4, 0.5) is 0 Å². The highest BCUT2D eigenvalue weighted by molar-refractivity contribution is 7.32. The van der Waals surface area contributed by atoms with Crippen LogP contribution >= 0.6 is 45.3 Å². The molecule has 276 valence electrons. The van der Waals surface area contributed by atoms with Crippen LogP contribution in [0.2, 0.25) is 12.1 Å². The summed E-state index contributed by atoms with van der Waals surface area (Å²) >= 11 is 7.81. The van der Waals surface area contributed by atoms with Crippen LogP contribution in [-0.4, -0.2) is 27.9 Å². The summed E-state index contributed by atoms with van der Waals surface area (Å²) in [5.41, 5.74) is 2.00. The van der Waals surface area contributed by atoms with Gasteiger partial charge >= 0.3 is 0 Å². The fraction of sp³-hybridized carbons (Fsp3) is 0.512. The lowest BCUT2D eigenvalue weighted by atomic mass is 10.0. The van der Waals surface area contributed by atoms with Gasteiger partial charge in [0.25, 0.3) is 0 Å². The second-order valence-corrected chi connectivity index (χ2v) is 24.0. The summed E-state index contributed by atoms with van der Waals surface area (Å²) in [7, 11) is -1.97. The van der Waals surface area contributed by atoms with Crippen LogP contribution in [0, 0.1) is 25.7 Å². The third-order valence-corrected chi connectivity index (χ3v) is 21.8. The topological polar surface area (TPSA) is 43.1 Å². The van der Waals surface area contributed by atoms with Crippen LogP contribution in [0.3, 0.4) is 0 Å². The molecule has 0 saturated carbocycles. The Morgan fingerprint density at radius 1 is 0.692 bits per heavy atom. The second kappa shape index (κ2) is 16.5. The van der Waals surface area contributed by atoms with E-state index in [-0.39, 0.29) is 0 Å². The number of rotatable bonds is 18. The molecule has 1 aliphatic rings. The third-order valence-electron chi connectivity index (χ3n) is 11.5. The second-order valence-electron chi connectivity index (χ2n) is 15.3. The molecule has 6 aromatic rings. The number of fused-ring (bicyclic) bond motifs is 4. The van der Waals surface area contributed by atoms with Gasteiger partial charge in [-0.05, 0) is 103 Å². The number of hydrogen-bond acceptors (Lipinski definition) is 7. The minimum Gasteiger partial charge on any atom is -0.191 e. The lowest BCUT2D eigenvalue weighted by molar-refractivity contribution is 0.469. The molecule has 0 aromatic carbocycles. The maximum absolute atomic E-state index is 5.15. The van der Waals surface area contributed by atoms with Crippen molar-refractivity contribution in [3.8, 4) is 30.2 Å². The van der Waals surface area contributed by atoms with Crippen molar-refractivity contribution < 1.29 is 0 Å². The highest BCUT2D eigenvalue weighted by atomic mass is 32.1. The molecule has 7 rings (SSSR count). The van der Waals surface area contributed by atoms with Gasteiger partial charge in [-0.2, -0.15) is 9.61 Å². The molecule has 2 atom stereocenters. The van der Waals surface area contributed by atoms with E-state index in [1.54, 1.807) is 20.1 Å². The normalized spacial score (nSPS) is 17.0. The van der Waals surface area contributed by atoms with E-state index in [0.717, 1.165) is 58.4 Å². The Hall–Kier alpha value is -2.43. The molecule has 0 N–H and O–H groups in total. The predicted molar refractivity (Wildman–Crippen MR) is 233 cm³/mol. The van der Waals surface area contributed by atoms with Gasteiger partial charge in [0.1, 0.15) is 8.07 Å². The molecule has 0 saturated heterocycles. The Labute approximate surface area is 328 Å². The zero-order valence-corrected chi connectivity index (χ0v) is 36.6. The molecule has 0 fully saturated rings. The molecule has 9 heteroatoms. The van der Waals surface area contributed by atoms with Crippen LogP contribution in [0.1, 0.15) is 119 Å². The molecule has 52 heavy (non-hydrogen) atoms. The fourth-order valence-corrected chi connectivity index (χ4v) is 20.8. The summed E-state index contributed by atoms with van der Waals surface area (Å²) in [6, 6.07) is 17.1. The van der Waals surface area contributed by atoms with E-state index in [2.05, 4.69) is 114 Å². The Balaban J connectivity index is 1.29. The lowest BCUT2D eigenvalue weighted by Crippen LogP contribution is -2.56. The van der Waals surface area contributed by atoms with E-state index in [9.17, 15) is 0 Å². The van der Waals surface area contributed by atoms with Crippen LogP contribution in [0.15, 0.2) is 36.4 Å². The van der Waals surface area contributed by atoms with E-state index < -0.39 is 8.07 Å². The number of hydrogen-bond donors (Lipinski definition) is 0. The van der Waals surface area contributed by atoms with E-state index in [4.69, 9.17) is 15.3 Å². The minimum absolute atomic E-state index is 0.812. The number of thiophene rings is 4. The van der Waals surface area contributed by atoms with Gasteiger partial charge in [0.05, 0.1) is 10.6 Å². The Bertz CT molecular complexity index is 2140. The highest BCUT2D eigenvalue weighted by Gasteiger charge is 2.49. The molecule has 0 spiro atoms. The van der Waals surface area contributed by atoms with Gasteiger partial charge in [0.2, 0.25) is 0 Å². The predicted octanol–water partition coefficient (Wildman–Crippen LogP) is 12.2. The van der Waals surface area contributed by atoms with E-state index in [1.807, 2.05) is 27.2 Å². The molecule has 0 bridgehead atoms. The molecule has 0 aliphatic carbocycles. The van der Waals surface area contributed by atoms with Crippen molar-refractivity contribution >= 4 is 75.5 Å². The minimum atomic E-state index is -1.97. The van der Waals surface area contributed by atoms with Gasteiger partial charge in [0, 0.05) is 39.4 Å². The molecule has 0 amide bonds. The van der Waals surface area contributed by atoms with Crippen molar-refractivity contribution in [2.45, 2.75) is 131 Å². The first-order valence-electron chi connectivity index (χ1n) is 20.0. The first-order valence-corrected chi connectivity index (χ1v) is 25.7. The quantitative estimate of drug-likeness (QED) is 0.0815. The van der Waals surface area contributed by atoms with Crippen molar-refractivity contribution in [1.82, 2.24) is 19.8 Å². The Kier molecular flexibility index (Phi) is 12.0. The van der Waals surface area contributed by atoms with Crippen LogP contribution < -0.4 is 15.6 Å². The number of aromatic nitrogens is 4. The number of unbranched alkanes of at least 4 members (excludes halogenated alkanes) is 3. The SMILES string of the molecule is CCCCc1nn2c(-c3ccc(-c4cc5c(s4)-c4sc(C)cc4[Si]5(CC(CC)CCCC)CC(CC)CCCC)s3)nnc2/c1=C/c1ccc(C)s1. The lowest BCUT2D eigenvalue weighted by Gasteiger charge is -2.35. The van der Waals surface area contributed by atoms with Crippen molar-refractivity contribution in [1.29, 1.82) is 0 Å². The van der Waals surface area contributed by atoms with Gasteiger partial charge in [-0.25, -0.2) is 0 Å². The largest absolute Gasteiger partial charge is 0.195 e. The van der Waals surface area contributed by atoms with Gasteiger partial charge in [0.15, 0.2) is 11.5 Å². The molecule has 7 heterocycles. The van der Waals surface area contributed by atoms with Gasteiger partial charge in [-0.1, -0.05) is 92.4 Å². The van der Waals surface area contributed by atoms with Gasteiger partial charge in [-0.3, -0.25) is 0 Å². The zero-order valence-electron chi connectivity index (χ0n) is 32.3. The summed E-state index contributed by atoms with van der Waals surface area (Å²) in [6.45, 7) is 16.4. The maximum atomic E-state index is 5.15. The Morgan fingerprint density at radius 3 is 2.02 bits per heavy atom. The van der Waals surface area contributed by atoms with E-state index in [0.29, 0.717) is 0 Å². The highest BCUT2D eigenvalue weighted by Crippen LogP contribution is 2.48. The maximum Gasteiger partial charge on any atom is 0.195 e. The first kappa shape index (κ1) is 37.9. The number of nitrogens with zero attached hydrogens (tertiary/aromatic N) is 4. The molecule has 6 aromatic heterocycles. The molecule has 2 unspecified atom stereocenters. The zero-order chi connectivity index (χ0) is 36.4. The molecule has 1 aliphatic heterocycles. The standard InChI is InChI=1S/C43H56N4S4Si/c1-8-13-16-30(11-4)26-52(27-31(12-5)17-14-9-2)38-23-29(7)49-40(38)41-39(52)25-37(51-41)35-21-22-36(50-35)43-45-44-42-33(24-32-20-19-28(6)48-32)34(18-15-10-3)46-47(42)43/h19-25,30-31H,8-18,26-27H2,1-7H3/b33-24+. The molecule has 4 nitrogen and oxygen atoms in total. The van der Waals surface area contributed by atoms with Gasteiger partial charge < -0.3 is 0 Å². The molecular weight excluding hydrogens is 729 g/mol. The molecule has 0 radical (unpaired) electrons. The first-order chi connectivity index (χ1) is 25.3. The van der Waals surface area contributed by atoms with Crippen molar-refractivity contribution in [3.63, 3.8) is 0 Å². The summed E-state index contributed by atoms with van der Waals surface area (Å²) in [5.74, 6) is 2.48. The summed E-state index contributed by atoms with van der Waals surface area (Å²) in [5, 5.41) is 19.3. The third kappa shape index (κ3) is 7.34. The molecular formula is C43H56N4S4Si. The monoisotopic (exact) mass is 784 g/mol. The van der Waals surface area contributed by atoms with E-state index in [1.165, 1.54) is 87.8 Å². The average molecular weight is 785 g/mol. The van der Waals surface area contributed by atoms with Crippen molar-refractivity contribution in [3.05, 3.63) is 61.9 Å². The summed E-state index contributed by atoms with van der Waals surface area (Å²) in [4.78, 5) is 11.2. The summed E-state index contributed by atoms with van der Waals surface area (Å²) in [6.07, 6.45) is 16.1. The fourth-order valence-electron chi connectivity index (χ4n) is 8.56. The van der Waals surface area contributed by atoms with E-state index >= 15 is 0 Å². The van der Waals surface area contributed by atoms with Gasteiger partial charge in [-0.15, -0.1) is 55.5 Å². The average Bonchev–Trinajstić information content (AvgIpc) is 4.00. The van der Waals surface area contributed by atoms with Crippen LogP contribution in [-0.2, 0) is 6.42 Å². The number of aryl methyl sites for hydroxylation is 3. The van der Waals surface area contributed by atoms with Crippen LogP contribution in [0.25, 0.3) is 41.9 Å². The van der Waals surface area contributed by atoms with Crippen LogP contribution in [0.5, 0.6) is 0 Å². The summed E-state index contributed by atoms with van der Waals surface area (Å²) < 4.78 is 2.02. The smallest absolute Gasteiger partial charge is 0.191 e. The van der Waals surface area contributed by atoms with Crippen molar-refractivity contribution in [2.24, 2.45) is 11.8 Å². The Morgan fingerprint density at radius 2 is 1.37 bits per heavy atom.